The van der Waals surface area contributed by atoms with Crippen LogP contribution in [0.4, 0.5) is 5.82 Å². The monoisotopic (exact) mass is 389 g/mol. The molecule has 0 saturated carbocycles. The number of aryl methyl sites for hydroxylation is 1. The molecule has 1 heterocycles. The zero-order valence-corrected chi connectivity index (χ0v) is 15.3. The van der Waals surface area contributed by atoms with Gasteiger partial charge in [-0.25, -0.2) is 15.8 Å². The van der Waals surface area contributed by atoms with E-state index in [4.69, 9.17) is 34.8 Å². The zero-order chi connectivity index (χ0) is 18.7. The van der Waals surface area contributed by atoms with E-state index in [0.717, 1.165) is 18.4 Å². The first-order valence-corrected chi connectivity index (χ1v) is 8.72. The highest BCUT2D eigenvalue weighted by Gasteiger charge is 2.14. The lowest BCUT2D eigenvalue weighted by Gasteiger charge is -2.19. The fraction of sp³-hybridized carbons (Fsp3) is 0.167. The molecule has 3 aromatic rings. The number of carbonyl (C=O) groups excluding carboxylic acids is 1. The fourth-order valence-corrected chi connectivity index (χ4v) is 3.08. The maximum atomic E-state index is 11.6. The Morgan fingerprint density at radius 2 is 1.92 bits per heavy atom. The van der Waals surface area contributed by atoms with Crippen LogP contribution in [0.5, 0.6) is 0 Å². The normalized spacial score (nSPS) is 10.9. The van der Waals surface area contributed by atoms with Crippen LogP contribution in [0.15, 0.2) is 42.7 Å². The highest BCUT2D eigenvalue weighted by Crippen LogP contribution is 2.25. The molecular weight excluding hydrogens is 373 g/mol. The fourth-order valence-electron chi connectivity index (χ4n) is 2.76. The van der Waals surface area contributed by atoms with E-state index in [1.807, 2.05) is 18.2 Å². The van der Waals surface area contributed by atoms with Gasteiger partial charge in [-0.15, -0.1) is 0 Å². The van der Waals surface area contributed by atoms with Crippen LogP contribution in [0, 0.1) is 0 Å². The molecule has 0 unspecified atom stereocenters. The Morgan fingerprint density at radius 1 is 1.12 bits per heavy atom. The van der Waals surface area contributed by atoms with Crippen LogP contribution in [-0.2, 0) is 6.42 Å². The number of hydrazine groups is 1. The number of anilines is 1. The molecule has 0 fully saturated rings. The van der Waals surface area contributed by atoms with E-state index in [-0.39, 0.29) is 0 Å². The number of benzene rings is 2. The number of hydrogen-bond acceptors (Lipinski definition) is 5. The Morgan fingerprint density at radius 3 is 2.65 bits per heavy atom. The number of amides is 1. The molecule has 0 atom stereocenters. The van der Waals surface area contributed by atoms with Crippen molar-refractivity contribution < 1.29 is 4.79 Å². The molecule has 1 aromatic heterocycles. The molecule has 1 amide bonds. The van der Waals surface area contributed by atoms with Gasteiger partial charge in [0, 0.05) is 11.9 Å². The van der Waals surface area contributed by atoms with Gasteiger partial charge in [0.1, 0.15) is 6.33 Å². The molecule has 0 aliphatic carbocycles. The standard InChI is InChI=1S/C18H17Cl2N5O/c19-14-7-6-11(9-15(14)20)3-2-8-25(22)18-13-5-1-4-12(17(21)26)16(13)23-10-24-18/h1,4-7,9-10H,2-3,8,22H2,(H2,21,26). The molecule has 8 heteroatoms. The van der Waals surface area contributed by atoms with Crippen molar-refractivity contribution >= 4 is 45.8 Å². The summed E-state index contributed by atoms with van der Waals surface area (Å²) < 4.78 is 0. The molecule has 26 heavy (non-hydrogen) atoms. The number of nitrogens with zero attached hydrogens (tertiary/aromatic N) is 3. The van der Waals surface area contributed by atoms with E-state index in [9.17, 15) is 4.79 Å². The lowest BCUT2D eigenvalue weighted by Crippen LogP contribution is -2.33. The van der Waals surface area contributed by atoms with Crippen molar-refractivity contribution in [3.63, 3.8) is 0 Å². The molecule has 4 N–H and O–H groups in total. The van der Waals surface area contributed by atoms with Crippen molar-refractivity contribution in [2.75, 3.05) is 11.6 Å². The summed E-state index contributed by atoms with van der Waals surface area (Å²) in [5.74, 6) is 6.20. The third-order valence-electron chi connectivity index (χ3n) is 4.03. The number of nitrogens with two attached hydrogens (primary N) is 2. The molecule has 0 bridgehead atoms. The number of hydrogen-bond donors (Lipinski definition) is 2. The Hall–Kier alpha value is -2.41. The van der Waals surface area contributed by atoms with Gasteiger partial charge >= 0.3 is 0 Å². The summed E-state index contributed by atoms with van der Waals surface area (Å²) >= 11 is 12.0. The molecule has 0 radical (unpaired) electrons. The van der Waals surface area contributed by atoms with E-state index in [0.29, 0.717) is 38.9 Å². The van der Waals surface area contributed by atoms with Gasteiger partial charge in [0.05, 0.1) is 21.1 Å². The van der Waals surface area contributed by atoms with Gasteiger partial charge in [-0.1, -0.05) is 35.3 Å². The van der Waals surface area contributed by atoms with Crippen LogP contribution in [0.1, 0.15) is 22.3 Å². The highest BCUT2D eigenvalue weighted by molar-refractivity contribution is 6.42. The molecule has 0 aliphatic rings. The van der Waals surface area contributed by atoms with Crippen molar-refractivity contribution in [3.8, 4) is 0 Å². The van der Waals surface area contributed by atoms with Gasteiger partial charge in [-0.3, -0.25) is 9.80 Å². The Kier molecular flexibility index (Phi) is 5.56. The van der Waals surface area contributed by atoms with Gasteiger partial charge in [0.25, 0.3) is 5.91 Å². The van der Waals surface area contributed by atoms with E-state index in [2.05, 4.69) is 9.97 Å². The number of fused-ring (bicyclic) bond motifs is 1. The smallest absolute Gasteiger partial charge is 0.250 e. The molecular formula is C18H17Cl2N5O. The molecule has 2 aromatic carbocycles. The van der Waals surface area contributed by atoms with Crippen molar-refractivity contribution in [3.05, 3.63) is 63.9 Å². The third kappa shape index (κ3) is 3.88. The number of para-hydroxylation sites is 1. The lowest BCUT2D eigenvalue weighted by molar-refractivity contribution is 0.100. The van der Waals surface area contributed by atoms with Crippen molar-refractivity contribution in [1.29, 1.82) is 0 Å². The molecule has 6 nitrogen and oxygen atoms in total. The quantitative estimate of drug-likeness (QED) is 0.497. The van der Waals surface area contributed by atoms with Crippen LogP contribution >= 0.6 is 23.2 Å². The predicted octanol–water partition coefficient (Wildman–Crippen LogP) is 3.35. The number of primary amides is 1. The van der Waals surface area contributed by atoms with Crippen LogP contribution in [0.25, 0.3) is 10.9 Å². The highest BCUT2D eigenvalue weighted by atomic mass is 35.5. The van der Waals surface area contributed by atoms with Gasteiger partial charge in [0.15, 0.2) is 5.82 Å². The van der Waals surface area contributed by atoms with Gasteiger partial charge in [-0.05, 0) is 42.7 Å². The summed E-state index contributed by atoms with van der Waals surface area (Å²) in [5, 5.41) is 3.30. The van der Waals surface area contributed by atoms with E-state index >= 15 is 0 Å². The van der Waals surface area contributed by atoms with Crippen LogP contribution < -0.4 is 16.6 Å². The largest absolute Gasteiger partial charge is 0.366 e. The van der Waals surface area contributed by atoms with Crippen LogP contribution in [0.3, 0.4) is 0 Å². The Labute approximate surface area is 160 Å². The minimum absolute atomic E-state index is 0.343. The van der Waals surface area contributed by atoms with Crippen molar-refractivity contribution in [2.24, 2.45) is 11.6 Å². The van der Waals surface area contributed by atoms with Gasteiger partial charge in [-0.2, -0.15) is 0 Å². The second-order valence-corrected chi connectivity index (χ2v) is 6.62. The van der Waals surface area contributed by atoms with Gasteiger partial charge in [0.2, 0.25) is 0 Å². The number of carbonyl (C=O) groups is 1. The summed E-state index contributed by atoms with van der Waals surface area (Å²) in [6.07, 6.45) is 2.96. The minimum Gasteiger partial charge on any atom is -0.366 e. The predicted molar refractivity (Wildman–Crippen MR) is 104 cm³/mol. The molecule has 0 saturated heterocycles. The van der Waals surface area contributed by atoms with Gasteiger partial charge < -0.3 is 5.73 Å². The van der Waals surface area contributed by atoms with E-state index < -0.39 is 5.91 Å². The summed E-state index contributed by atoms with van der Waals surface area (Å²) in [7, 11) is 0. The topological polar surface area (TPSA) is 98.1 Å². The van der Waals surface area contributed by atoms with Crippen molar-refractivity contribution in [1.82, 2.24) is 9.97 Å². The molecule has 0 aliphatic heterocycles. The summed E-state index contributed by atoms with van der Waals surface area (Å²) in [6, 6.07) is 10.8. The first kappa shape index (κ1) is 18.4. The van der Waals surface area contributed by atoms with E-state index in [1.54, 1.807) is 23.2 Å². The minimum atomic E-state index is -0.538. The van der Waals surface area contributed by atoms with E-state index in [1.165, 1.54) is 6.33 Å². The number of aromatic nitrogens is 2. The lowest BCUT2D eigenvalue weighted by atomic mass is 10.1. The third-order valence-corrected chi connectivity index (χ3v) is 4.77. The maximum Gasteiger partial charge on any atom is 0.250 e. The zero-order valence-electron chi connectivity index (χ0n) is 13.8. The SMILES string of the molecule is NC(=O)c1cccc2c(N(N)CCCc3ccc(Cl)c(Cl)c3)ncnc12. The molecule has 3 rings (SSSR count). The summed E-state index contributed by atoms with van der Waals surface area (Å²) in [4.78, 5) is 20.0. The van der Waals surface area contributed by atoms with Crippen LogP contribution in [-0.4, -0.2) is 22.4 Å². The second-order valence-electron chi connectivity index (χ2n) is 5.81. The second kappa shape index (κ2) is 7.86. The molecule has 0 spiro atoms. The Bertz CT molecular complexity index is 963. The van der Waals surface area contributed by atoms with Crippen molar-refractivity contribution in [2.45, 2.75) is 12.8 Å². The first-order valence-electron chi connectivity index (χ1n) is 7.97. The Balaban J connectivity index is 1.75. The van der Waals surface area contributed by atoms with Crippen LogP contribution in [0.2, 0.25) is 10.0 Å². The first-order chi connectivity index (χ1) is 12.5. The summed E-state index contributed by atoms with van der Waals surface area (Å²) in [6.45, 7) is 0.563. The summed E-state index contributed by atoms with van der Waals surface area (Å²) in [5.41, 5.74) is 7.32. The molecule has 134 valence electrons. The number of rotatable bonds is 6. The average Bonchev–Trinajstić information content (AvgIpc) is 2.63. The average molecular weight is 390 g/mol. The maximum absolute atomic E-state index is 11.6. The number of halogens is 2.